The van der Waals surface area contributed by atoms with Crippen LogP contribution < -0.4 is 5.32 Å². The SMILES string of the molecule is CC[C@H](CO)NCc1cc([N+](=O)[O-])ccc1Cl. The molecule has 0 aliphatic heterocycles. The molecule has 17 heavy (non-hydrogen) atoms. The van der Waals surface area contributed by atoms with Gasteiger partial charge in [0.05, 0.1) is 11.5 Å². The zero-order valence-corrected chi connectivity index (χ0v) is 10.3. The van der Waals surface area contributed by atoms with Gasteiger partial charge < -0.3 is 10.4 Å². The summed E-state index contributed by atoms with van der Waals surface area (Å²) in [5.41, 5.74) is 0.677. The number of halogens is 1. The first kappa shape index (κ1) is 13.9. The summed E-state index contributed by atoms with van der Waals surface area (Å²) in [5, 5.41) is 23.2. The van der Waals surface area contributed by atoms with Crippen LogP contribution in [0.15, 0.2) is 18.2 Å². The molecule has 0 aliphatic rings. The van der Waals surface area contributed by atoms with Gasteiger partial charge in [-0.3, -0.25) is 10.1 Å². The molecule has 0 saturated heterocycles. The normalized spacial score (nSPS) is 12.4. The Morgan fingerprint density at radius 1 is 1.59 bits per heavy atom. The first-order valence-corrected chi connectivity index (χ1v) is 5.73. The Bertz CT molecular complexity index is 394. The molecule has 0 saturated carbocycles. The average molecular weight is 259 g/mol. The number of rotatable bonds is 6. The van der Waals surface area contributed by atoms with Gasteiger partial charge in [-0.05, 0) is 18.1 Å². The van der Waals surface area contributed by atoms with Gasteiger partial charge in [-0.15, -0.1) is 0 Å². The molecule has 0 aliphatic carbocycles. The summed E-state index contributed by atoms with van der Waals surface area (Å²) in [5.74, 6) is 0. The first-order chi connectivity index (χ1) is 8.08. The van der Waals surface area contributed by atoms with Crippen molar-refractivity contribution in [2.24, 2.45) is 0 Å². The van der Waals surface area contributed by atoms with E-state index in [0.717, 1.165) is 6.42 Å². The Morgan fingerprint density at radius 3 is 2.82 bits per heavy atom. The number of hydrogen-bond acceptors (Lipinski definition) is 4. The van der Waals surface area contributed by atoms with Crippen molar-refractivity contribution in [1.29, 1.82) is 0 Å². The summed E-state index contributed by atoms with van der Waals surface area (Å²) in [6.45, 7) is 2.38. The topological polar surface area (TPSA) is 75.4 Å². The third-order valence-corrected chi connectivity index (χ3v) is 2.90. The Morgan fingerprint density at radius 2 is 2.29 bits per heavy atom. The molecule has 0 fully saturated rings. The van der Waals surface area contributed by atoms with E-state index in [1.807, 2.05) is 6.92 Å². The maximum Gasteiger partial charge on any atom is 0.269 e. The lowest BCUT2D eigenvalue weighted by Crippen LogP contribution is -2.31. The molecule has 0 spiro atoms. The standard InChI is InChI=1S/C11H15ClN2O3/c1-2-9(7-15)13-6-8-5-10(14(16)17)3-4-11(8)12/h3-5,9,13,15H,2,6-7H2,1H3/t9-/m1/s1. The van der Waals surface area contributed by atoms with Gasteiger partial charge in [-0.1, -0.05) is 18.5 Å². The van der Waals surface area contributed by atoms with Crippen LogP contribution in [0.1, 0.15) is 18.9 Å². The minimum absolute atomic E-state index is 0.0169. The first-order valence-electron chi connectivity index (χ1n) is 5.35. The van der Waals surface area contributed by atoms with Crippen LogP contribution in [-0.4, -0.2) is 22.7 Å². The lowest BCUT2D eigenvalue weighted by atomic mass is 10.1. The van der Waals surface area contributed by atoms with E-state index in [2.05, 4.69) is 5.32 Å². The molecule has 2 N–H and O–H groups in total. The van der Waals surface area contributed by atoms with E-state index in [4.69, 9.17) is 16.7 Å². The summed E-state index contributed by atoms with van der Waals surface area (Å²) < 4.78 is 0. The molecule has 1 atom stereocenters. The summed E-state index contributed by atoms with van der Waals surface area (Å²) in [7, 11) is 0. The Balaban J connectivity index is 2.75. The molecule has 94 valence electrons. The maximum absolute atomic E-state index is 10.6. The Labute approximate surface area is 105 Å². The third-order valence-electron chi connectivity index (χ3n) is 2.53. The van der Waals surface area contributed by atoms with E-state index in [0.29, 0.717) is 17.1 Å². The molecular formula is C11H15ClN2O3. The molecule has 0 radical (unpaired) electrons. The minimum atomic E-state index is -0.455. The van der Waals surface area contributed by atoms with Crippen LogP contribution in [0.5, 0.6) is 0 Å². The number of nitrogens with one attached hydrogen (secondary N) is 1. The van der Waals surface area contributed by atoms with Crippen molar-refractivity contribution < 1.29 is 10.0 Å². The van der Waals surface area contributed by atoms with Crippen LogP contribution in [0.4, 0.5) is 5.69 Å². The van der Waals surface area contributed by atoms with Crippen molar-refractivity contribution in [1.82, 2.24) is 5.32 Å². The van der Waals surface area contributed by atoms with Crippen molar-refractivity contribution in [3.63, 3.8) is 0 Å². The van der Waals surface area contributed by atoms with Crippen molar-refractivity contribution in [3.05, 3.63) is 38.9 Å². The van der Waals surface area contributed by atoms with E-state index in [1.54, 1.807) is 0 Å². The Kier molecular flexibility index (Phi) is 5.34. The predicted molar refractivity (Wildman–Crippen MR) is 66.1 cm³/mol. The van der Waals surface area contributed by atoms with Gasteiger partial charge in [0.1, 0.15) is 0 Å². The van der Waals surface area contributed by atoms with Crippen LogP contribution in [0.25, 0.3) is 0 Å². The molecule has 1 aromatic carbocycles. The molecule has 0 aromatic heterocycles. The second kappa shape index (κ2) is 6.54. The highest BCUT2D eigenvalue weighted by Crippen LogP contribution is 2.21. The third kappa shape index (κ3) is 3.96. The van der Waals surface area contributed by atoms with Gasteiger partial charge in [-0.2, -0.15) is 0 Å². The van der Waals surface area contributed by atoms with Crippen LogP contribution in [0.2, 0.25) is 5.02 Å². The van der Waals surface area contributed by atoms with Crippen LogP contribution in [-0.2, 0) is 6.54 Å². The molecule has 0 bridgehead atoms. The van der Waals surface area contributed by atoms with Gasteiger partial charge in [0.25, 0.3) is 5.69 Å². The largest absolute Gasteiger partial charge is 0.395 e. The lowest BCUT2D eigenvalue weighted by Gasteiger charge is -2.14. The number of aliphatic hydroxyl groups is 1. The fourth-order valence-corrected chi connectivity index (χ4v) is 1.59. The average Bonchev–Trinajstić information content (AvgIpc) is 2.32. The van der Waals surface area contributed by atoms with Crippen molar-refractivity contribution in [2.45, 2.75) is 25.9 Å². The van der Waals surface area contributed by atoms with Gasteiger partial charge in [0.2, 0.25) is 0 Å². The smallest absolute Gasteiger partial charge is 0.269 e. The van der Waals surface area contributed by atoms with Crippen LogP contribution >= 0.6 is 11.6 Å². The number of aliphatic hydroxyl groups excluding tert-OH is 1. The molecule has 0 unspecified atom stereocenters. The lowest BCUT2D eigenvalue weighted by molar-refractivity contribution is -0.384. The summed E-state index contributed by atoms with van der Waals surface area (Å²) >= 11 is 5.95. The molecule has 1 rings (SSSR count). The fourth-order valence-electron chi connectivity index (χ4n) is 1.40. The number of benzene rings is 1. The number of nitro groups is 1. The van der Waals surface area contributed by atoms with Crippen LogP contribution in [0.3, 0.4) is 0 Å². The zero-order valence-electron chi connectivity index (χ0n) is 9.52. The summed E-state index contributed by atoms with van der Waals surface area (Å²) in [4.78, 5) is 10.2. The number of nitrogens with zero attached hydrogens (tertiary/aromatic N) is 1. The second-order valence-electron chi connectivity index (χ2n) is 3.70. The molecular weight excluding hydrogens is 244 g/mol. The second-order valence-corrected chi connectivity index (χ2v) is 4.11. The van der Waals surface area contributed by atoms with Gasteiger partial charge in [0.15, 0.2) is 0 Å². The number of nitro benzene ring substituents is 1. The summed E-state index contributed by atoms with van der Waals surface area (Å²) in [6.07, 6.45) is 0.781. The molecule has 0 amide bonds. The van der Waals surface area contributed by atoms with Gasteiger partial charge in [0, 0.05) is 29.7 Å². The Hall–Kier alpha value is -1.17. The minimum Gasteiger partial charge on any atom is -0.395 e. The highest BCUT2D eigenvalue weighted by molar-refractivity contribution is 6.31. The van der Waals surface area contributed by atoms with E-state index >= 15 is 0 Å². The fraction of sp³-hybridized carbons (Fsp3) is 0.455. The molecule has 5 nitrogen and oxygen atoms in total. The molecule has 6 heteroatoms. The van der Waals surface area contributed by atoms with E-state index in [1.165, 1.54) is 18.2 Å². The quantitative estimate of drug-likeness (QED) is 0.605. The highest BCUT2D eigenvalue weighted by Gasteiger charge is 2.11. The predicted octanol–water partition coefficient (Wildman–Crippen LogP) is 2.11. The monoisotopic (exact) mass is 258 g/mol. The van der Waals surface area contributed by atoms with Gasteiger partial charge >= 0.3 is 0 Å². The van der Waals surface area contributed by atoms with Crippen molar-refractivity contribution >= 4 is 17.3 Å². The van der Waals surface area contributed by atoms with Crippen LogP contribution in [0, 0.1) is 10.1 Å². The molecule has 1 aromatic rings. The van der Waals surface area contributed by atoms with Crippen molar-refractivity contribution in [2.75, 3.05) is 6.61 Å². The number of hydrogen-bond donors (Lipinski definition) is 2. The van der Waals surface area contributed by atoms with Gasteiger partial charge in [-0.25, -0.2) is 0 Å². The van der Waals surface area contributed by atoms with E-state index in [-0.39, 0.29) is 18.3 Å². The zero-order chi connectivity index (χ0) is 12.8. The maximum atomic E-state index is 10.6. The number of non-ortho nitro benzene ring substituents is 1. The molecule has 0 heterocycles. The summed E-state index contributed by atoms with van der Waals surface area (Å²) in [6, 6.07) is 4.30. The highest BCUT2D eigenvalue weighted by atomic mass is 35.5. The van der Waals surface area contributed by atoms with E-state index in [9.17, 15) is 10.1 Å². The van der Waals surface area contributed by atoms with E-state index < -0.39 is 4.92 Å². The van der Waals surface area contributed by atoms with Crippen molar-refractivity contribution in [3.8, 4) is 0 Å².